The quantitative estimate of drug-likeness (QED) is 0.296. The maximum absolute atomic E-state index is 7.56. The van der Waals surface area contributed by atoms with Crippen molar-refractivity contribution in [1.82, 2.24) is 0 Å². The number of hydrogen-bond acceptors (Lipinski definition) is 2. The van der Waals surface area contributed by atoms with Crippen molar-refractivity contribution in [2.45, 2.75) is 13.3 Å². The summed E-state index contributed by atoms with van der Waals surface area (Å²) in [5.41, 5.74) is 0. The first kappa shape index (κ1) is 23.0. The Balaban J connectivity index is 0. The second-order valence-corrected chi connectivity index (χ2v) is 12.2. The van der Waals surface area contributed by atoms with Crippen LogP contribution in [0, 0.1) is 0 Å². The van der Waals surface area contributed by atoms with Crippen LogP contribution >= 0.6 is 13.4 Å². The molecule has 1 aromatic carbocycles. The summed E-state index contributed by atoms with van der Waals surface area (Å²) < 4.78 is 4.07. The molecule has 0 spiro atoms. The van der Waals surface area contributed by atoms with E-state index in [1.54, 1.807) is 4.16 Å². The number of benzene rings is 1. The van der Waals surface area contributed by atoms with Crippen LogP contribution in [0.25, 0.3) is 0 Å². The van der Waals surface area contributed by atoms with Gasteiger partial charge in [-0.2, -0.15) is 0 Å². The van der Waals surface area contributed by atoms with Crippen molar-refractivity contribution in [2.75, 3.05) is 0 Å². The minimum Gasteiger partial charge on any atom is -0.325 e. The Bertz CT molecular complexity index is 436. The molecule has 0 unspecified atom stereocenters. The van der Waals surface area contributed by atoms with Crippen LogP contribution in [0.1, 0.15) is 13.3 Å². The molecular weight excluding hydrogens is 396 g/mol. The van der Waals surface area contributed by atoms with Crippen molar-refractivity contribution in [3.8, 4) is 0 Å². The minimum atomic E-state index is -3.81. The molecule has 1 rings (SSSR count). The maximum atomic E-state index is 7.56. The minimum absolute atomic E-state index is 0.437. The Hall–Kier alpha value is 0.773. The molecule has 6 nitrogen and oxygen atoms in total. The van der Waals surface area contributed by atoms with E-state index in [1.165, 1.54) is 6.42 Å². The molecule has 1 aromatic rings. The van der Waals surface area contributed by atoms with E-state index < -0.39 is 30.1 Å². The molecule has 0 amide bonds. The van der Waals surface area contributed by atoms with Crippen LogP contribution in [0.2, 0.25) is 0 Å². The van der Waals surface area contributed by atoms with E-state index in [0.717, 1.165) is 0 Å². The van der Waals surface area contributed by atoms with Crippen LogP contribution < -0.4 is 4.16 Å². The fourth-order valence-corrected chi connectivity index (χ4v) is 3.37. The van der Waals surface area contributed by atoms with Crippen LogP contribution in [-0.2, 0) is 40.3 Å². The third kappa shape index (κ3) is 36.3. The zero-order chi connectivity index (χ0) is 16.2. The van der Waals surface area contributed by atoms with Gasteiger partial charge in [-0.25, -0.2) is 0 Å². The Labute approximate surface area is 135 Å². The van der Waals surface area contributed by atoms with Gasteiger partial charge in [-0.05, 0) is 23.6 Å². The summed E-state index contributed by atoms with van der Waals surface area (Å²) in [5.74, 6) is 0. The maximum Gasteiger partial charge on any atom is 0.319 e. The van der Waals surface area contributed by atoms with Gasteiger partial charge in [-0.1, -0.05) is 0 Å². The van der Waals surface area contributed by atoms with Gasteiger partial charge in [0.25, 0.3) is 0 Å². The van der Waals surface area contributed by atoms with Gasteiger partial charge in [0, 0.05) is 0 Å². The summed E-state index contributed by atoms with van der Waals surface area (Å²) in [6, 6.07) is 10.8. The van der Waals surface area contributed by atoms with Gasteiger partial charge in [0.05, 0.1) is 0 Å². The van der Waals surface area contributed by atoms with Crippen molar-refractivity contribution in [2.24, 2.45) is 0 Å². The second kappa shape index (κ2) is 12.3. The molecule has 0 saturated carbocycles. The fraction of sp³-hybridized carbons (Fsp3) is 0.222. The van der Waals surface area contributed by atoms with Crippen molar-refractivity contribution in [1.29, 1.82) is 0 Å². The molecular formula is C9H17O6P2S2Zn. The molecule has 0 aromatic heterocycles. The Morgan fingerprint density at radius 1 is 0.950 bits per heavy atom. The molecule has 0 radical (unpaired) electrons. The van der Waals surface area contributed by atoms with Gasteiger partial charge in [0.2, 0.25) is 0 Å². The molecule has 0 aliphatic carbocycles. The molecule has 113 valence electrons. The first-order chi connectivity index (χ1) is 8.93. The standard InChI is InChI=1S/C6H5.C3H6.2H3O3PS.Zn/c1-2-4-6-5-3-1;1-3-2;2*1-4(2,3)5;/h1-5H;1H,3H2,2H3;2*(H3,1,2,3,5);. The van der Waals surface area contributed by atoms with E-state index in [4.69, 9.17) is 29.4 Å². The van der Waals surface area contributed by atoms with E-state index in [0.29, 0.717) is 0 Å². The molecule has 11 heteroatoms. The second-order valence-electron chi connectivity index (χ2n) is 3.41. The van der Waals surface area contributed by atoms with Gasteiger partial charge >= 0.3 is 82.6 Å². The van der Waals surface area contributed by atoms with Crippen molar-refractivity contribution in [3.63, 3.8) is 0 Å². The smallest absolute Gasteiger partial charge is 0.319 e. The third-order valence-corrected chi connectivity index (χ3v) is 5.31. The summed E-state index contributed by atoms with van der Waals surface area (Å²) in [7, 11) is 0. The van der Waals surface area contributed by atoms with Crippen LogP contribution in [-0.4, -0.2) is 34.0 Å². The molecule has 0 fully saturated rings. The zero-order valence-corrected chi connectivity index (χ0v) is 17.2. The van der Waals surface area contributed by atoms with Crippen molar-refractivity contribution in [3.05, 3.63) is 30.3 Å². The number of hydrogen-bond donors (Lipinski definition) is 6. The third-order valence-electron chi connectivity index (χ3n) is 1.51. The van der Waals surface area contributed by atoms with Gasteiger partial charge in [0.15, 0.2) is 0 Å². The summed E-state index contributed by atoms with van der Waals surface area (Å²) in [4.78, 5) is 45.3. The molecule has 6 N–H and O–H groups in total. The molecule has 0 bridgehead atoms. The van der Waals surface area contributed by atoms with E-state index in [-0.39, 0.29) is 0 Å². The van der Waals surface area contributed by atoms with Gasteiger partial charge in [-0.3, -0.25) is 0 Å². The largest absolute Gasteiger partial charge is 0.325 e. The summed E-state index contributed by atoms with van der Waals surface area (Å²) in [6.07, 6.45) is 1.24. The fourth-order valence-electron chi connectivity index (χ4n) is 0.925. The average Bonchev–Trinajstić information content (AvgIpc) is 2.23. The van der Waals surface area contributed by atoms with E-state index in [9.17, 15) is 0 Å². The van der Waals surface area contributed by atoms with E-state index in [1.807, 2.05) is 0 Å². The topological polar surface area (TPSA) is 121 Å². The van der Waals surface area contributed by atoms with Crippen molar-refractivity contribution >= 4 is 45.8 Å². The van der Waals surface area contributed by atoms with Crippen molar-refractivity contribution < 1.29 is 46.0 Å². The van der Waals surface area contributed by atoms with Crippen LogP contribution in [0.5, 0.6) is 0 Å². The van der Waals surface area contributed by atoms with Gasteiger partial charge in [0.1, 0.15) is 0 Å². The zero-order valence-electron chi connectivity index (χ0n) is 10.8. The SMILES string of the molecule is CC[CH]=[Zn][c]1ccccc1.OP(O)(O)=S.OP(O)(O)=S. The Morgan fingerprint density at radius 3 is 1.60 bits per heavy atom. The Morgan fingerprint density at radius 2 is 1.30 bits per heavy atom. The normalized spacial score (nSPS) is 10.8. The molecule has 0 aliphatic rings. The monoisotopic (exact) mass is 411 g/mol. The molecule has 20 heavy (non-hydrogen) atoms. The van der Waals surface area contributed by atoms with Crippen LogP contribution in [0.3, 0.4) is 0 Å². The van der Waals surface area contributed by atoms with E-state index in [2.05, 4.69) is 65.5 Å². The predicted molar refractivity (Wildman–Crippen MR) is 84.3 cm³/mol. The van der Waals surface area contributed by atoms with Crippen LogP contribution in [0.15, 0.2) is 30.3 Å². The molecule has 0 saturated heterocycles. The van der Waals surface area contributed by atoms with Gasteiger partial charge < -0.3 is 29.4 Å². The van der Waals surface area contributed by atoms with E-state index >= 15 is 0 Å². The summed E-state index contributed by atoms with van der Waals surface area (Å²) in [5, 5.41) is 0. The van der Waals surface area contributed by atoms with Gasteiger partial charge in [-0.15, -0.1) is 0 Å². The average molecular weight is 413 g/mol. The first-order valence-electron chi connectivity index (χ1n) is 5.35. The predicted octanol–water partition coefficient (Wildman–Crippen LogP) is -0.0178. The summed E-state index contributed by atoms with van der Waals surface area (Å²) >= 11 is 6.77. The molecule has 0 atom stereocenters. The first-order valence-corrected chi connectivity index (χ1v) is 13.9. The Kier molecular flexibility index (Phi) is 14.2. The van der Waals surface area contributed by atoms with Crippen LogP contribution in [0.4, 0.5) is 0 Å². The molecule has 0 aliphatic heterocycles. The molecule has 0 heterocycles. The number of rotatable bonds is 2. The summed E-state index contributed by atoms with van der Waals surface area (Å²) in [6.45, 7) is -5.39.